The van der Waals surface area contributed by atoms with Crippen molar-refractivity contribution < 1.29 is 9.53 Å². The lowest BCUT2D eigenvalue weighted by Crippen LogP contribution is -2.15. The van der Waals surface area contributed by atoms with Crippen molar-refractivity contribution in [2.75, 3.05) is 7.11 Å². The molecular formula is C14H25N3O2. The van der Waals surface area contributed by atoms with Gasteiger partial charge in [0.2, 0.25) is 0 Å². The summed E-state index contributed by atoms with van der Waals surface area (Å²) in [6.45, 7) is 7.25. The second-order valence-corrected chi connectivity index (χ2v) is 4.83. The Morgan fingerprint density at radius 1 is 1.37 bits per heavy atom. The maximum atomic E-state index is 11.6. The van der Waals surface area contributed by atoms with Crippen LogP contribution in [0.5, 0.6) is 0 Å². The zero-order chi connectivity index (χ0) is 14.3. The molecule has 1 unspecified atom stereocenters. The monoisotopic (exact) mass is 267 g/mol. The minimum atomic E-state index is -0.398. The van der Waals surface area contributed by atoms with Gasteiger partial charge in [-0.15, -0.1) is 5.10 Å². The minimum absolute atomic E-state index is 0.357. The lowest BCUT2D eigenvalue weighted by atomic mass is 9.99. The summed E-state index contributed by atoms with van der Waals surface area (Å²) in [5.74, 6) is 0.196. The lowest BCUT2D eigenvalue weighted by molar-refractivity contribution is 0.0592. The lowest BCUT2D eigenvalue weighted by Gasteiger charge is -2.15. The number of unbranched alkanes of at least 4 members (excludes halogenated alkanes) is 1. The summed E-state index contributed by atoms with van der Waals surface area (Å²) in [7, 11) is 1.37. The Labute approximate surface area is 115 Å². The fourth-order valence-corrected chi connectivity index (χ4v) is 2.25. The molecule has 0 fully saturated rings. The average molecular weight is 267 g/mol. The summed E-state index contributed by atoms with van der Waals surface area (Å²) in [5.41, 5.74) is 1.23. The van der Waals surface area contributed by atoms with E-state index in [0.717, 1.165) is 25.1 Å². The molecule has 0 N–H and O–H groups in total. The molecule has 5 heteroatoms. The van der Waals surface area contributed by atoms with Gasteiger partial charge in [0.1, 0.15) is 0 Å². The second-order valence-electron chi connectivity index (χ2n) is 4.83. The first-order chi connectivity index (χ1) is 9.17. The minimum Gasteiger partial charge on any atom is -0.464 e. The van der Waals surface area contributed by atoms with Crippen LogP contribution in [-0.4, -0.2) is 28.1 Å². The van der Waals surface area contributed by atoms with Crippen molar-refractivity contribution in [1.82, 2.24) is 15.0 Å². The molecule has 0 amide bonds. The van der Waals surface area contributed by atoms with Crippen molar-refractivity contribution >= 4 is 5.97 Å². The highest BCUT2D eigenvalue weighted by Crippen LogP contribution is 2.17. The number of nitrogens with zero attached hydrogens (tertiary/aromatic N) is 3. The van der Waals surface area contributed by atoms with Gasteiger partial charge in [-0.25, -0.2) is 9.48 Å². The summed E-state index contributed by atoms with van der Waals surface area (Å²) in [6, 6.07) is 0. The van der Waals surface area contributed by atoms with Gasteiger partial charge < -0.3 is 4.74 Å². The van der Waals surface area contributed by atoms with Crippen LogP contribution in [0.1, 0.15) is 62.6 Å². The highest BCUT2D eigenvalue weighted by molar-refractivity contribution is 5.88. The summed E-state index contributed by atoms with van der Waals surface area (Å²) >= 11 is 0. The number of aromatic nitrogens is 3. The highest BCUT2D eigenvalue weighted by Gasteiger charge is 2.20. The summed E-state index contributed by atoms with van der Waals surface area (Å²) in [5, 5.41) is 8.08. The van der Waals surface area contributed by atoms with Crippen molar-refractivity contribution in [3.05, 3.63) is 11.4 Å². The van der Waals surface area contributed by atoms with E-state index in [4.69, 9.17) is 4.74 Å². The van der Waals surface area contributed by atoms with Gasteiger partial charge in [-0.1, -0.05) is 45.2 Å². The Kier molecular flexibility index (Phi) is 6.53. The first-order valence-corrected chi connectivity index (χ1v) is 7.18. The molecule has 0 aliphatic heterocycles. The van der Waals surface area contributed by atoms with Gasteiger partial charge in [0.15, 0.2) is 5.69 Å². The third-order valence-electron chi connectivity index (χ3n) is 3.53. The molecule has 108 valence electrons. The van der Waals surface area contributed by atoms with Gasteiger partial charge in [0.25, 0.3) is 0 Å². The topological polar surface area (TPSA) is 57.0 Å². The molecule has 5 nitrogen and oxygen atoms in total. The van der Waals surface area contributed by atoms with Crippen molar-refractivity contribution in [3.8, 4) is 0 Å². The molecule has 0 spiro atoms. The molecule has 0 saturated heterocycles. The Balaban J connectivity index is 2.82. The van der Waals surface area contributed by atoms with Crippen LogP contribution in [-0.2, 0) is 17.7 Å². The normalized spacial score (nSPS) is 12.4. The standard InChI is InChI=1S/C14H25N3O2/c1-5-8-9-11(6-2)10-17-12(7-3)13(15-16-17)14(18)19-4/h11H,5-10H2,1-4H3. The van der Waals surface area contributed by atoms with Gasteiger partial charge in [-0.2, -0.15) is 0 Å². The van der Waals surface area contributed by atoms with Gasteiger partial charge in [-0.3, -0.25) is 0 Å². The van der Waals surface area contributed by atoms with Gasteiger partial charge in [0, 0.05) is 6.54 Å². The number of methoxy groups -OCH3 is 1. The van der Waals surface area contributed by atoms with Crippen LogP contribution >= 0.6 is 0 Å². The molecule has 0 radical (unpaired) electrons. The number of carbonyl (C=O) groups excluding carboxylic acids is 1. The third kappa shape index (κ3) is 4.04. The molecule has 1 atom stereocenters. The Morgan fingerprint density at radius 3 is 2.63 bits per heavy atom. The van der Waals surface area contributed by atoms with Gasteiger partial charge >= 0.3 is 5.97 Å². The van der Waals surface area contributed by atoms with Crippen molar-refractivity contribution in [2.45, 2.75) is 59.4 Å². The predicted molar refractivity (Wildman–Crippen MR) is 74.0 cm³/mol. The Morgan fingerprint density at radius 2 is 2.11 bits per heavy atom. The van der Waals surface area contributed by atoms with Gasteiger partial charge in [-0.05, 0) is 18.8 Å². The first-order valence-electron chi connectivity index (χ1n) is 7.18. The van der Waals surface area contributed by atoms with E-state index >= 15 is 0 Å². The Bertz CT molecular complexity index is 401. The van der Waals surface area contributed by atoms with E-state index in [0.29, 0.717) is 11.6 Å². The first kappa shape index (κ1) is 15.7. The number of rotatable bonds is 8. The predicted octanol–water partition coefficient (Wildman–Crippen LogP) is 2.84. The fourth-order valence-electron chi connectivity index (χ4n) is 2.25. The number of hydrogen-bond donors (Lipinski definition) is 0. The van der Waals surface area contributed by atoms with Crippen LogP contribution in [0.2, 0.25) is 0 Å². The summed E-state index contributed by atoms with van der Waals surface area (Å²) in [4.78, 5) is 11.6. The van der Waals surface area contributed by atoms with Crippen LogP contribution in [0.15, 0.2) is 0 Å². The highest BCUT2D eigenvalue weighted by atomic mass is 16.5. The van der Waals surface area contributed by atoms with E-state index in [9.17, 15) is 4.79 Å². The molecule has 19 heavy (non-hydrogen) atoms. The molecule has 0 aliphatic rings. The molecular weight excluding hydrogens is 242 g/mol. The second kappa shape index (κ2) is 7.92. The molecule has 1 heterocycles. The van der Waals surface area contributed by atoms with E-state index in [1.54, 1.807) is 0 Å². The molecule has 0 bridgehead atoms. The number of ether oxygens (including phenoxy) is 1. The maximum absolute atomic E-state index is 11.6. The van der Waals surface area contributed by atoms with Gasteiger partial charge in [0.05, 0.1) is 12.8 Å². The van der Waals surface area contributed by atoms with Crippen LogP contribution < -0.4 is 0 Å². The molecule has 1 rings (SSSR count). The van der Waals surface area contributed by atoms with E-state index in [2.05, 4.69) is 24.2 Å². The zero-order valence-corrected chi connectivity index (χ0v) is 12.5. The molecule has 0 aliphatic carbocycles. The number of esters is 1. The quantitative estimate of drug-likeness (QED) is 0.680. The number of carbonyl (C=O) groups is 1. The van der Waals surface area contributed by atoms with Crippen LogP contribution in [0.25, 0.3) is 0 Å². The SMILES string of the molecule is CCCCC(CC)Cn1nnc(C(=O)OC)c1CC. The summed E-state index contributed by atoms with van der Waals surface area (Å²) in [6.07, 6.45) is 5.50. The van der Waals surface area contributed by atoms with E-state index in [1.807, 2.05) is 11.6 Å². The summed E-state index contributed by atoms with van der Waals surface area (Å²) < 4.78 is 6.60. The maximum Gasteiger partial charge on any atom is 0.360 e. The Hall–Kier alpha value is -1.39. The molecule has 1 aromatic heterocycles. The van der Waals surface area contributed by atoms with Crippen LogP contribution in [0, 0.1) is 5.92 Å². The van der Waals surface area contributed by atoms with Crippen molar-refractivity contribution in [2.24, 2.45) is 5.92 Å². The third-order valence-corrected chi connectivity index (χ3v) is 3.53. The smallest absolute Gasteiger partial charge is 0.360 e. The van der Waals surface area contributed by atoms with E-state index in [1.165, 1.54) is 26.4 Å². The van der Waals surface area contributed by atoms with Crippen LogP contribution in [0.3, 0.4) is 0 Å². The average Bonchev–Trinajstić information content (AvgIpc) is 2.84. The molecule has 0 aromatic carbocycles. The van der Waals surface area contributed by atoms with Crippen molar-refractivity contribution in [3.63, 3.8) is 0 Å². The molecule has 1 aromatic rings. The number of hydrogen-bond acceptors (Lipinski definition) is 4. The van der Waals surface area contributed by atoms with E-state index < -0.39 is 5.97 Å². The fraction of sp³-hybridized carbons (Fsp3) is 0.786. The molecule has 0 saturated carbocycles. The van der Waals surface area contributed by atoms with Crippen LogP contribution in [0.4, 0.5) is 0 Å². The largest absolute Gasteiger partial charge is 0.464 e. The van der Waals surface area contributed by atoms with Crippen molar-refractivity contribution in [1.29, 1.82) is 0 Å². The van der Waals surface area contributed by atoms with E-state index in [-0.39, 0.29) is 0 Å². The zero-order valence-electron chi connectivity index (χ0n) is 12.5.